The Kier molecular flexibility index (Phi) is 6.34. The summed E-state index contributed by atoms with van der Waals surface area (Å²) in [7, 11) is 0. The zero-order valence-corrected chi connectivity index (χ0v) is 15.7. The summed E-state index contributed by atoms with van der Waals surface area (Å²) in [6.45, 7) is 1.77. The Morgan fingerprint density at radius 1 is 1.15 bits per heavy atom. The van der Waals surface area contributed by atoms with Gasteiger partial charge < -0.3 is 10.1 Å². The molecule has 1 aliphatic rings. The summed E-state index contributed by atoms with van der Waals surface area (Å²) >= 11 is 1.43. The SMILES string of the molecule is Cc1ccccc1SCC(=O)OCC(=O)N[C@@H]1CCCc2ccccc21. The van der Waals surface area contributed by atoms with Gasteiger partial charge in [0.25, 0.3) is 5.91 Å². The summed E-state index contributed by atoms with van der Waals surface area (Å²) in [5.41, 5.74) is 3.59. The highest BCUT2D eigenvalue weighted by Crippen LogP contribution is 2.29. The number of rotatable bonds is 6. The zero-order chi connectivity index (χ0) is 18.4. The van der Waals surface area contributed by atoms with E-state index in [0.29, 0.717) is 0 Å². The minimum absolute atomic E-state index is 0.00694. The van der Waals surface area contributed by atoms with E-state index in [2.05, 4.69) is 17.4 Å². The lowest BCUT2D eigenvalue weighted by Gasteiger charge is -2.26. The highest BCUT2D eigenvalue weighted by Gasteiger charge is 2.21. The van der Waals surface area contributed by atoms with Gasteiger partial charge in [-0.2, -0.15) is 0 Å². The molecule has 1 N–H and O–H groups in total. The van der Waals surface area contributed by atoms with Crippen LogP contribution in [0.3, 0.4) is 0 Å². The minimum Gasteiger partial charge on any atom is -0.455 e. The number of esters is 1. The van der Waals surface area contributed by atoms with E-state index in [9.17, 15) is 9.59 Å². The molecule has 1 atom stereocenters. The summed E-state index contributed by atoms with van der Waals surface area (Å²) in [6, 6.07) is 16.1. The smallest absolute Gasteiger partial charge is 0.316 e. The number of hydrogen-bond acceptors (Lipinski definition) is 4. The molecule has 0 aromatic heterocycles. The highest BCUT2D eigenvalue weighted by molar-refractivity contribution is 8.00. The number of nitrogens with one attached hydrogen (secondary N) is 1. The predicted molar refractivity (Wildman–Crippen MR) is 103 cm³/mol. The Morgan fingerprint density at radius 2 is 1.92 bits per heavy atom. The Labute approximate surface area is 158 Å². The molecule has 2 aromatic carbocycles. The molecule has 1 aliphatic carbocycles. The number of fused-ring (bicyclic) bond motifs is 1. The van der Waals surface area contributed by atoms with Crippen molar-refractivity contribution < 1.29 is 14.3 Å². The van der Waals surface area contributed by atoms with E-state index in [1.807, 2.05) is 43.3 Å². The third kappa shape index (κ3) is 4.88. The molecule has 1 amide bonds. The number of thioether (sulfide) groups is 1. The van der Waals surface area contributed by atoms with Crippen LogP contribution in [0.25, 0.3) is 0 Å². The fourth-order valence-corrected chi connectivity index (χ4v) is 4.01. The number of amides is 1. The molecule has 0 unspecified atom stereocenters. The molecule has 136 valence electrons. The number of carbonyl (C=O) groups is 2. The number of carbonyl (C=O) groups excluding carboxylic acids is 2. The van der Waals surface area contributed by atoms with E-state index >= 15 is 0 Å². The van der Waals surface area contributed by atoms with Crippen LogP contribution in [0.15, 0.2) is 53.4 Å². The summed E-state index contributed by atoms with van der Waals surface area (Å²) in [5, 5.41) is 2.99. The Hall–Kier alpha value is -2.27. The van der Waals surface area contributed by atoms with Gasteiger partial charge in [-0.25, -0.2) is 0 Å². The quantitative estimate of drug-likeness (QED) is 0.621. The molecule has 0 spiro atoms. The highest BCUT2D eigenvalue weighted by atomic mass is 32.2. The molecule has 0 aliphatic heterocycles. The molecule has 0 saturated heterocycles. The van der Waals surface area contributed by atoms with Crippen LogP contribution in [-0.2, 0) is 20.7 Å². The predicted octanol–water partition coefficient (Wildman–Crippen LogP) is 3.82. The van der Waals surface area contributed by atoms with Gasteiger partial charge in [0, 0.05) is 4.90 Å². The van der Waals surface area contributed by atoms with E-state index in [-0.39, 0.29) is 30.3 Å². The molecule has 0 saturated carbocycles. The zero-order valence-electron chi connectivity index (χ0n) is 14.9. The fourth-order valence-electron chi connectivity index (χ4n) is 3.18. The largest absolute Gasteiger partial charge is 0.455 e. The first-order chi connectivity index (χ1) is 12.6. The van der Waals surface area contributed by atoms with Crippen molar-refractivity contribution >= 4 is 23.6 Å². The molecule has 0 heterocycles. The summed E-state index contributed by atoms with van der Waals surface area (Å²) in [6.07, 6.45) is 3.02. The van der Waals surface area contributed by atoms with Crippen molar-refractivity contribution in [2.45, 2.75) is 37.1 Å². The summed E-state index contributed by atoms with van der Waals surface area (Å²) < 4.78 is 5.12. The van der Waals surface area contributed by atoms with Gasteiger partial charge in [-0.15, -0.1) is 11.8 Å². The Morgan fingerprint density at radius 3 is 2.77 bits per heavy atom. The Balaban J connectivity index is 1.44. The van der Waals surface area contributed by atoms with Gasteiger partial charge in [0.2, 0.25) is 0 Å². The van der Waals surface area contributed by atoms with Crippen LogP contribution >= 0.6 is 11.8 Å². The number of aryl methyl sites for hydroxylation is 2. The van der Waals surface area contributed by atoms with Crippen molar-refractivity contribution in [3.63, 3.8) is 0 Å². The topological polar surface area (TPSA) is 55.4 Å². The maximum atomic E-state index is 12.2. The molecule has 5 heteroatoms. The van der Waals surface area contributed by atoms with Crippen molar-refractivity contribution in [3.05, 3.63) is 65.2 Å². The van der Waals surface area contributed by atoms with Crippen LogP contribution in [0.4, 0.5) is 0 Å². The lowest BCUT2D eigenvalue weighted by molar-refractivity contribution is -0.146. The summed E-state index contributed by atoms with van der Waals surface area (Å²) in [5.74, 6) is -0.428. The van der Waals surface area contributed by atoms with Gasteiger partial charge in [-0.05, 0) is 48.9 Å². The number of hydrogen-bond donors (Lipinski definition) is 1. The first kappa shape index (κ1) is 18.5. The molecule has 0 fully saturated rings. The van der Waals surface area contributed by atoms with Crippen molar-refractivity contribution in [1.29, 1.82) is 0 Å². The molecule has 0 radical (unpaired) electrons. The minimum atomic E-state index is -0.377. The number of ether oxygens (including phenoxy) is 1. The van der Waals surface area contributed by atoms with Crippen molar-refractivity contribution in [2.24, 2.45) is 0 Å². The van der Waals surface area contributed by atoms with Crippen LogP contribution < -0.4 is 5.32 Å². The molecule has 26 heavy (non-hydrogen) atoms. The molecular formula is C21H23NO3S. The Bertz CT molecular complexity index is 790. The van der Waals surface area contributed by atoms with Gasteiger partial charge >= 0.3 is 5.97 Å². The maximum absolute atomic E-state index is 12.2. The van der Waals surface area contributed by atoms with Gasteiger partial charge in [0.1, 0.15) is 0 Å². The molecule has 4 nitrogen and oxygen atoms in total. The van der Waals surface area contributed by atoms with Crippen LogP contribution in [0, 0.1) is 6.92 Å². The third-order valence-electron chi connectivity index (χ3n) is 4.51. The molecule has 2 aromatic rings. The monoisotopic (exact) mass is 369 g/mol. The number of benzene rings is 2. The second kappa shape index (κ2) is 8.90. The average Bonchev–Trinajstić information content (AvgIpc) is 2.66. The van der Waals surface area contributed by atoms with E-state index in [4.69, 9.17) is 4.74 Å². The lowest BCUT2D eigenvalue weighted by Crippen LogP contribution is -2.34. The second-order valence-electron chi connectivity index (χ2n) is 6.43. The first-order valence-electron chi connectivity index (χ1n) is 8.84. The van der Waals surface area contributed by atoms with Crippen LogP contribution in [0.5, 0.6) is 0 Å². The van der Waals surface area contributed by atoms with E-state index in [0.717, 1.165) is 29.7 Å². The summed E-state index contributed by atoms with van der Waals surface area (Å²) in [4.78, 5) is 25.1. The van der Waals surface area contributed by atoms with Gasteiger partial charge in [0.15, 0.2) is 6.61 Å². The van der Waals surface area contributed by atoms with Gasteiger partial charge in [0.05, 0.1) is 11.8 Å². The first-order valence-corrected chi connectivity index (χ1v) is 9.83. The fraction of sp³-hybridized carbons (Fsp3) is 0.333. The van der Waals surface area contributed by atoms with Crippen molar-refractivity contribution in [2.75, 3.05) is 12.4 Å². The second-order valence-corrected chi connectivity index (χ2v) is 7.44. The molecular weight excluding hydrogens is 346 g/mol. The van der Waals surface area contributed by atoms with E-state index in [1.165, 1.54) is 22.9 Å². The van der Waals surface area contributed by atoms with Crippen LogP contribution in [-0.4, -0.2) is 24.2 Å². The maximum Gasteiger partial charge on any atom is 0.316 e. The van der Waals surface area contributed by atoms with Gasteiger partial charge in [-0.3, -0.25) is 9.59 Å². The third-order valence-corrected chi connectivity index (χ3v) is 5.66. The van der Waals surface area contributed by atoms with Crippen LogP contribution in [0.2, 0.25) is 0 Å². The molecule has 3 rings (SSSR count). The van der Waals surface area contributed by atoms with Crippen molar-refractivity contribution in [1.82, 2.24) is 5.32 Å². The standard InChI is InChI=1S/C21H23NO3S/c1-15-7-2-5-12-19(15)26-14-21(24)25-13-20(23)22-18-11-6-9-16-8-3-4-10-17(16)18/h2-5,7-8,10,12,18H,6,9,11,13-14H2,1H3,(H,22,23)/t18-/m1/s1. The normalized spacial score (nSPS) is 15.8. The van der Waals surface area contributed by atoms with E-state index < -0.39 is 0 Å². The molecule has 0 bridgehead atoms. The van der Waals surface area contributed by atoms with Gasteiger partial charge in [-0.1, -0.05) is 42.5 Å². The van der Waals surface area contributed by atoms with Crippen molar-refractivity contribution in [3.8, 4) is 0 Å². The van der Waals surface area contributed by atoms with E-state index in [1.54, 1.807) is 0 Å². The average molecular weight is 369 g/mol. The lowest BCUT2D eigenvalue weighted by atomic mass is 9.88. The van der Waals surface area contributed by atoms with Crippen LogP contribution in [0.1, 0.15) is 35.6 Å².